The lowest BCUT2D eigenvalue weighted by atomic mass is 10.1. The third-order valence-electron chi connectivity index (χ3n) is 2.55. The SMILES string of the molecule is C=CCN(C)c1ccc2c(c1)NC(=O)C2=O. The summed E-state index contributed by atoms with van der Waals surface area (Å²) in [6.45, 7) is 4.37. The van der Waals surface area contributed by atoms with E-state index in [1.807, 2.05) is 18.0 Å². The topological polar surface area (TPSA) is 49.4 Å². The molecule has 2 rings (SSSR count). The number of Topliss-reactive ketones (excluding diaryl/α,β-unsaturated/α-hetero) is 1. The molecule has 82 valence electrons. The highest BCUT2D eigenvalue weighted by molar-refractivity contribution is 6.51. The summed E-state index contributed by atoms with van der Waals surface area (Å²) < 4.78 is 0. The van der Waals surface area contributed by atoms with E-state index in [9.17, 15) is 9.59 Å². The van der Waals surface area contributed by atoms with E-state index < -0.39 is 11.7 Å². The van der Waals surface area contributed by atoms with Gasteiger partial charge in [-0.25, -0.2) is 0 Å². The monoisotopic (exact) mass is 216 g/mol. The average Bonchev–Trinajstić information content (AvgIpc) is 2.55. The first-order valence-corrected chi connectivity index (χ1v) is 4.95. The Morgan fingerprint density at radius 3 is 2.88 bits per heavy atom. The van der Waals surface area contributed by atoms with Crippen molar-refractivity contribution < 1.29 is 9.59 Å². The summed E-state index contributed by atoms with van der Waals surface area (Å²) in [5.74, 6) is -1.02. The molecule has 1 amide bonds. The summed E-state index contributed by atoms with van der Waals surface area (Å²) >= 11 is 0. The molecule has 0 radical (unpaired) electrons. The molecule has 4 heteroatoms. The van der Waals surface area contributed by atoms with Crippen molar-refractivity contribution >= 4 is 23.1 Å². The number of nitrogens with one attached hydrogen (secondary N) is 1. The fraction of sp³-hybridized carbons (Fsp3) is 0.167. The summed E-state index contributed by atoms with van der Waals surface area (Å²) in [5.41, 5.74) is 1.97. The largest absolute Gasteiger partial charge is 0.371 e. The van der Waals surface area contributed by atoms with Crippen LogP contribution in [-0.2, 0) is 4.79 Å². The number of nitrogens with zero attached hydrogens (tertiary/aromatic N) is 1. The van der Waals surface area contributed by atoms with Gasteiger partial charge in [0.15, 0.2) is 0 Å². The molecular formula is C12H12N2O2. The van der Waals surface area contributed by atoms with Gasteiger partial charge in [-0.15, -0.1) is 6.58 Å². The lowest BCUT2D eigenvalue weighted by Crippen LogP contribution is -2.16. The van der Waals surface area contributed by atoms with Crippen molar-refractivity contribution in [2.24, 2.45) is 0 Å². The van der Waals surface area contributed by atoms with Crippen molar-refractivity contribution in [2.75, 3.05) is 23.8 Å². The van der Waals surface area contributed by atoms with Gasteiger partial charge in [-0.1, -0.05) is 6.08 Å². The van der Waals surface area contributed by atoms with Gasteiger partial charge in [-0.3, -0.25) is 9.59 Å². The van der Waals surface area contributed by atoms with Crippen LogP contribution in [0.1, 0.15) is 10.4 Å². The highest BCUT2D eigenvalue weighted by atomic mass is 16.2. The smallest absolute Gasteiger partial charge is 0.296 e. The predicted octanol–water partition coefficient (Wildman–Crippen LogP) is 1.44. The Balaban J connectivity index is 2.35. The van der Waals surface area contributed by atoms with E-state index in [-0.39, 0.29) is 0 Å². The van der Waals surface area contributed by atoms with Gasteiger partial charge in [0.1, 0.15) is 0 Å². The first-order chi connectivity index (χ1) is 7.63. The zero-order valence-corrected chi connectivity index (χ0v) is 8.99. The number of rotatable bonds is 3. The van der Waals surface area contributed by atoms with E-state index >= 15 is 0 Å². The molecule has 0 aliphatic carbocycles. The second-order valence-corrected chi connectivity index (χ2v) is 3.68. The molecule has 1 N–H and O–H groups in total. The minimum Gasteiger partial charge on any atom is -0.371 e. The summed E-state index contributed by atoms with van der Waals surface area (Å²) in [5, 5.41) is 2.54. The molecule has 1 aliphatic heterocycles. The molecule has 0 bridgehead atoms. The van der Waals surface area contributed by atoms with Gasteiger partial charge >= 0.3 is 0 Å². The van der Waals surface area contributed by atoms with Crippen LogP contribution in [0.3, 0.4) is 0 Å². The maximum Gasteiger partial charge on any atom is 0.296 e. The van der Waals surface area contributed by atoms with Crippen LogP contribution in [0.15, 0.2) is 30.9 Å². The third-order valence-corrected chi connectivity index (χ3v) is 2.55. The molecular weight excluding hydrogens is 204 g/mol. The molecule has 1 aromatic carbocycles. The van der Waals surface area contributed by atoms with E-state index in [0.717, 1.165) is 5.69 Å². The summed E-state index contributed by atoms with van der Waals surface area (Å²) in [6.07, 6.45) is 1.79. The Bertz CT molecular complexity index is 480. The van der Waals surface area contributed by atoms with Crippen LogP contribution >= 0.6 is 0 Å². The number of benzene rings is 1. The van der Waals surface area contributed by atoms with Crippen molar-refractivity contribution in [3.8, 4) is 0 Å². The van der Waals surface area contributed by atoms with Gasteiger partial charge in [-0.2, -0.15) is 0 Å². The number of carbonyl (C=O) groups excluding carboxylic acids is 2. The quantitative estimate of drug-likeness (QED) is 0.614. The second kappa shape index (κ2) is 3.81. The highest BCUT2D eigenvalue weighted by Gasteiger charge is 2.27. The Morgan fingerprint density at radius 2 is 2.19 bits per heavy atom. The lowest BCUT2D eigenvalue weighted by Gasteiger charge is -2.17. The molecule has 0 saturated heterocycles. The number of amides is 1. The highest BCUT2D eigenvalue weighted by Crippen LogP contribution is 2.27. The van der Waals surface area contributed by atoms with E-state index in [4.69, 9.17) is 0 Å². The van der Waals surface area contributed by atoms with E-state index in [1.165, 1.54) is 0 Å². The molecule has 1 aliphatic rings. The van der Waals surface area contributed by atoms with Gasteiger partial charge in [0.05, 0.1) is 11.3 Å². The lowest BCUT2D eigenvalue weighted by molar-refractivity contribution is -0.112. The molecule has 0 fully saturated rings. The molecule has 1 heterocycles. The molecule has 4 nitrogen and oxygen atoms in total. The van der Waals surface area contributed by atoms with Gasteiger partial charge in [-0.05, 0) is 18.2 Å². The molecule has 0 saturated carbocycles. The van der Waals surface area contributed by atoms with E-state index in [1.54, 1.807) is 18.2 Å². The Kier molecular flexibility index (Phi) is 2.48. The molecule has 0 aromatic heterocycles. The van der Waals surface area contributed by atoms with Crippen molar-refractivity contribution in [2.45, 2.75) is 0 Å². The average molecular weight is 216 g/mol. The summed E-state index contributed by atoms with van der Waals surface area (Å²) in [6, 6.07) is 5.28. The minimum atomic E-state index is -0.557. The number of carbonyl (C=O) groups is 2. The van der Waals surface area contributed by atoms with Gasteiger partial charge in [0.2, 0.25) is 0 Å². The fourth-order valence-electron chi connectivity index (χ4n) is 1.67. The van der Waals surface area contributed by atoms with Crippen molar-refractivity contribution in [1.29, 1.82) is 0 Å². The van der Waals surface area contributed by atoms with Crippen LogP contribution in [0.5, 0.6) is 0 Å². The Morgan fingerprint density at radius 1 is 1.44 bits per heavy atom. The summed E-state index contributed by atoms with van der Waals surface area (Å²) in [4.78, 5) is 24.5. The second-order valence-electron chi connectivity index (χ2n) is 3.68. The summed E-state index contributed by atoms with van der Waals surface area (Å²) in [7, 11) is 1.92. The van der Waals surface area contributed by atoms with Crippen molar-refractivity contribution in [3.63, 3.8) is 0 Å². The van der Waals surface area contributed by atoms with Crippen LogP contribution in [0.4, 0.5) is 11.4 Å². The zero-order valence-electron chi connectivity index (χ0n) is 8.99. The van der Waals surface area contributed by atoms with Crippen LogP contribution in [-0.4, -0.2) is 25.3 Å². The third kappa shape index (κ3) is 1.58. The van der Waals surface area contributed by atoms with Crippen molar-refractivity contribution in [3.05, 3.63) is 36.4 Å². The first kappa shape index (κ1) is 10.4. The van der Waals surface area contributed by atoms with Gasteiger partial charge < -0.3 is 10.2 Å². The van der Waals surface area contributed by atoms with Crippen LogP contribution < -0.4 is 10.2 Å². The van der Waals surface area contributed by atoms with Crippen LogP contribution in [0.2, 0.25) is 0 Å². The maximum atomic E-state index is 11.4. The molecule has 0 spiro atoms. The zero-order chi connectivity index (χ0) is 11.7. The number of hydrogen-bond donors (Lipinski definition) is 1. The first-order valence-electron chi connectivity index (χ1n) is 4.95. The Hall–Kier alpha value is -2.10. The number of fused-ring (bicyclic) bond motifs is 1. The maximum absolute atomic E-state index is 11.4. The van der Waals surface area contributed by atoms with E-state index in [2.05, 4.69) is 11.9 Å². The van der Waals surface area contributed by atoms with Gasteiger partial charge in [0, 0.05) is 19.3 Å². The predicted molar refractivity (Wildman–Crippen MR) is 62.9 cm³/mol. The fourth-order valence-corrected chi connectivity index (χ4v) is 1.67. The molecule has 16 heavy (non-hydrogen) atoms. The minimum absolute atomic E-state index is 0.445. The van der Waals surface area contributed by atoms with Crippen LogP contribution in [0, 0.1) is 0 Å². The van der Waals surface area contributed by atoms with Crippen LogP contribution in [0.25, 0.3) is 0 Å². The van der Waals surface area contributed by atoms with Gasteiger partial charge in [0.25, 0.3) is 11.7 Å². The normalized spacial score (nSPS) is 13.3. The number of likely N-dealkylation sites (N-methyl/N-ethyl adjacent to an activating group) is 1. The van der Waals surface area contributed by atoms with Crippen molar-refractivity contribution in [1.82, 2.24) is 0 Å². The standard InChI is InChI=1S/C12H12N2O2/c1-3-6-14(2)8-4-5-9-10(7-8)13-12(16)11(9)15/h3-5,7H,1,6H2,2H3,(H,13,15,16). The Labute approximate surface area is 93.6 Å². The molecule has 1 aromatic rings. The molecule has 0 unspecified atom stereocenters. The van der Waals surface area contributed by atoms with E-state index in [0.29, 0.717) is 17.8 Å². The number of hydrogen-bond acceptors (Lipinski definition) is 3. The number of anilines is 2. The number of ketones is 1. The molecule has 0 atom stereocenters.